The lowest BCUT2D eigenvalue weighted by Crippen LogP contribution is -2.29. The third kappa shape index (κ3) is 2.67. The molecule has 0 bridgehead atoms. The summed E-state index contributed by atoms with van der Waals surface area (Å²) in [6.07, 6.45) is 0. The SMILES string of the molecule is CCN(CC)C(C)c1nc2ccccc2n1CC(=O)O. The summed E-state index contributed by atoms with van der Waals surface area (Å²) in [6, 6.07) is 7.77. The number of hydrogen-bond donors (Lipinski definition) is 1. The number of carbonyl (C=O) groups is 1. The number of aromatic nitrogens is 2. The number of carboxylic acids is 1. The van der Waals surface area contributed by atoms with Crippen molar-refractivity contribution in [3.8, 4) is 0 Å². The standard InChI is InChI=1S/C15H21N3O2/c1-4-17(5-2)11(3)15-16-12-8-6-7-9-13(12)18(15)10-14(19)20/h6-9,11H,4-5,10H2,1-3H3,(H,19,20). The van der Waals surface area contributed by atoms with Gasteiger partial charge in [-0.3, -0.25) is 9.69 Å². The van der Waals surface area contributed by atoms with E-state index < -0.39 is 5.97 Å². The fourth-order valence-corrected chi connectivity index (χ4v) is 2.65. The molecular weight excluding hydrogens is 254 g/mol. The summed E-state index contributed by atoms with van der Waals surface area (Å²) in [7, 11) is 0. The molecule has 1 heterocycles. The Hall–Kier alpha value is -1.88. The highest BCUT2D eigenvalue weighted by atomic mass is 16.4. The molecule has 1 aromatic heterocycles. The van der Waals surface area contributed by atoms with E-state index in [0.29, 0.717) is 0 Å². The lowest BCUT2D eigenvalue weighted by atomic mass is 10.2. The third-order valence-corrected chi connectivity index (χ3v) is 3.71. The highest BCUT2D eigenvalue weighted by Crippen LogP contribution is 2.24. The largest absolute Gasteiger partial charge is 0.480 e. The Kier molecular flexibility index (Phi) is 4.39. The first kappa shape index (κ1) is 14.5. The molecule has 1 N–H and O–H groups in total. The minimum absolute atomic E-state index is 0.0541. The molecule has 1 aromatic carbocycles. The Balaban J connectivity index is 2.53. The molecule has 0 aliphatic rings. The molecule has 2 aromatic rings. The summed E-state index contributed by atoms with van der Waals surface area (Å²) in [5.74, 6) is -0.0292. The Morgan fingerprint density at radius 3 is 2.60 bits per heavy atom. The first-order chi connectivity index (χ1) is 9.58. The van der Waals surface area contributed by atoms with Crippen molar-refractivity contribution in [2.24, 2.45) is 0 Å². The molecular formula is C15H21N3O2. The van der Waals surface area contributed by atoms with Gasteiger partial charge in [-0.15, -0.1) is 0 Å². The van der Waals surface area contributed by atoms with Crippen LogP contribution in [0.1, 0.15) is 32.6 Å². The summed E-state index contributed by atoms with van der Waals surface area (Å²) >= 11 is 0. The van der Waals surface area contributed by atoms with Gasteiger partial charge in [0.25, 0.3) is 0 Å². The highest BCUT2D eigenvalue weighted by Gasteiger charge is 2.21. The maximum Gasteiger partial charge on any atom is 0.323 e. The predicted molar refractivity (Wildman–Crippen MR) is 78.7 cm³/mol. The maximum atomic E-state index is 11.1. The molecule has 2 rings (SSSR count). The zero-order valence-electron chi connectivity index (χ0n) is 12.2. The second-order valence-corrected chi connectivity index (χ2v) is 4.84. The van der Waals surface area contributed by atoms with Crippen molar-refractivity contribution in [2.45, 2.75) is 33.4 Å². The van der Waals surface area contributed by atoms with Gasteiger partial charge in [0, 0.05) is 0 Å². The van der Waals surface area contributed by atoms with E-state index >= 15 is 0 Å². The van der Waals surface area contributed by atoms with Crippen molar-refractivity contribution >= 4 is 17.0 Å². The summed E-state index contributed by atoms with van der Waals surface area (Å²) in [6.45, 7) is 8.05. The van der Waals surface area contributed by atoms with Crippen LogP contribution in [0.15, 0.2) is 24.3 Å². The monoisotopic (exact) mass is 275 g/mol. The van der Waals surface area contributed by atoms with Crippen LogP contribution in [0.2, 0.25) is 0 Å². The van der Waals surface area contributed by atoms with Crippen molar-refractivity contribution < 1.29 is 9.90 Å². The molecule has 5 heteroatoms. The number of imidazole rings is 1. The summed E-state index contributed by atoms with van der Waals surface area (Å²) in [4.78, 5) is 18.0. The highest BCUT2D eigenvalue weighted by molar-refractivity contribution is 5.78. The third-order valence-electron chi connectivity index (χ3n) is 3.71. The number of aliphatic carboxylic acids is 1. The molecule has 0 spiro atoms. The van der Waals surface area contributed by atoms with Gasteiger partial charge < -0.3 is 9.67 Å². The van der Waals surface area contributed by atoms with E-state index in [1.165, 1.54) is 0 Å². The van der Waals surface area contributed by atoms with Gasteiger partial charge in [-0.2, -0.15) is 0 Å². The molecule has 0 saturated carbocycles. The van der Waals surface area contributed by atoms with E-state index in [9.17, 15) is 4.79 Å². The van der Waals surface area contributed by atoms with Crippen LogP contribution in [-0.4, -0.2) is 38.6 Å². The number of rotatable bonds is 6. The average molecular weight is 275 g/mol. The molecule has 108 valence electrons. The molecule has 20 heavy (non-hydrogen) atoms. The van der Waals surface area contributed by atoms with Crippen LogP contribution < -0.4 is 0 Å². The van der Waals surface area contributed by atoms with E-state index in [1.54, 1.807) is 4.57 Å². The van der Waals surface area contributed by atoms with Crippen LogP contribution in [-0.2, 0) is 11.3 Å². The molecule has 0 amide bonds. The lowest BCUT2D eigenvalue weighted by molar-refractivity contribution is -0.137. The number of fused-ring (bicyclic) bond motifs is 1. The van der Waals surface area contributed by atoms with Crippen molar-refractivity contribution in [1.29, 1.82) is 0 Å². The molecule has 0 saturated heterocycles. The Morgan fingerprint density at radius 2 is 2.00 bits per heavy atom. The van der Waals surface area contributed by atoms with E-state index in [0.717, 1.165) is 29.9 Å². The Bertz CT molecular complexity index is 602. The van der Waals surface area contributed by atoms with Gasteiger partial charge in [0.2, 0.25) is 0 Å². The van der Waals surface area contributed by atoms with Gasteiger partial charge in [-0.25, -0.2) is 4.98 Å². The van der Waals surface area contributed by atoms with Crippen LogP contribution in [0.25, 0.3) is 11.0 Å². The van der Waals surface area contributed by atoms with Gasteiger partial charge >= 0.3 is 5.97 Å². The summed E-state index contributed by atoms with van der Waals surface area (Å²) < 4.78 is 1.81. The fraction of sp³-hybridized carbons (Fsp3) is 0.467. The van der Waals surface area contributed by atoms with Gasteiger partial charge in [-0.05, 0) is 32.1 Å². The summed E-state index contributed by atoms with van der Waals surface area (Å²) in [5.41, 5.74) is 1.73. The topological polar surface area (TPSA) is 58.4 Å². The number of para-hydroxylation sites is 2. The lowest BCUT2D eigenvalue weighted by Gasteiger charge is -2.26. The molecule has 1 atom stereocenters. The second kappa shape index (κ2) is 6.05. The minimum Gasteiger partial charge on any atom is -0.480 e. The predicted octanol–water partition coefficient (Wildman–Crippen LogP) is 2.52. The van der Waals surface area contributed by atoms with Crippen LogP contribution in [0, 0.1) is 0 Å². The second-order valence-electron chi connectivity index (χ2n) is 4.84. The van der Waals surface area contributed by atoms with Crippen LogP contribution in [0.4, 0.5) is 0 Å². The maximum absolute atomic E-state index is 11.1. The quantitative estimate of drug-likeness (QED) is 0.880. The van der Waals surface area contributed by atoms with Crippen LogP contribution in [0.3, 0.4) is 0 Å². The number of hydrogen-bond acceptors (Lipinski definition) is 3. The van der Waals surface area contributed by atoms with Crippen molar-refractivity contribution in [1.82, 2.24) is 14.5 Å². The average Bonchev–Trinajstić information content (AvgIpc) is 2.78. The fourth-order valence-electron chi connectivity index (χ4n) is 2.65. The smallest absolute Gasteiger partial charge is 0.323 e. The molecule has 0 aliphatic carbocycles. The molecule has 0 fully saturated rings. The van der Waals surface area contributed by atoms with Crippen LogP contribution in [0.5, 0.6) is 0 Å². The van der Waals surface area contributed by atoms with E-state index in [4.69, 9.17) is 5.11 Å². The van der Waals surface area contributed by atoms with Crippen molar-refractivity contribution in [3.63, 3.8) is 0 Å². The molecule has 0 aliphatic heterocycles. The van der Waals surface area contributed by atoms with Gasteiger partial charge in [0.1, 0.15) is 12.4 Å². The Labute approximate surface area is 118 Å². The molecule has 1 unspecified atom stereocenters. The van der Waals surface area contributed by atoms with Crippen molar-refractivity contribution in [2.75, 3.05) is 13.1 Å². The molecule has 5 nitrogen and oxygen atoms in total. The molecule has 0 radical (unpaired) electrons. The zero-order valence-corrected chi connectivity index (χ0v) is 12.2. The van der Waals surface area contributed by atoms with Gasteiger partial charge in [0.15, 0.2) is 0 Å². The van der Waals surface area contributed by atoms with Crippen LogP contribution >= 0.6 is 0 Å². The Morgan fingerprint density at radius 1 is 1.35 bits per heavy atom. The number of carboxylic acid groups (broad SMARTS) is 1. The zero-order chi connectivity index (χ0) is 14.7. The van der Waals surface area contributed by atoms with Gasteiger partial charge in [0.05, 0.1) is 17.1 Å². The normalized spacial score (nSPS) is 13.0. The first-order valence-electron chi connectivity index (χ1n) is 6.99. The van der Waals surface area contributed by atoms with E-state index in [1.807, 2.05) is 24.3 Å². The number of benzene rings is 1. The number of nitrogens with zero attached hydrogens (tertiary/aromatic N) is 3. The van der Waals surface area contributed by atoms with Gasteiger partial charge in [-0.1, -0.05) is 26.0 Å². The summed E-state index contributed by atoms with van der Waals surface area (Å²) in [5, 5.41) is 9.14. The first-order valence-corrected chi connectivity index (χ1v) is 6.99. The minimum atomic E-state index is -0.846. The van der Waals surface area contributed by atoms with Crippen molar-refractivity contribution in [3.05, 3.63) is 30.1 Å². The van der Waals surface area contributed by atoms with E-state index in [-0.39, 0.29) is 12.6 Å². The van der Waals surface area contributed by atoms with E-state index in [2.05, 4.69) is 30.7 Å².